The van der Waals surface area contributed by atoms with Gasteiger partial charge in [0, 0.05) is 28.3 Å². The van der Waals surface area contributed by atoms with Crippen molar-refractivity contribution in [3.05, 3.63) is 18.2 Å². The SMILES string of the molecule is Nc1cccc2oc(NC3CCS(=O)CC3)nc12. The Bertz CT molecular complexity index is 586. The zero-order valence-corrected chi connectivity index (χ0v) is 10.7. The van der Waals surface area contributed by atoms with E-state index in [0.29, 0.717) is 22.8 Å². The molecule has 3 rings (SSSR count). The van der Waals surface area contributed by atoms with Crippen molar-refractivity contribution in [2.45, 2.75) is 18.9 Å². The number of rotatable bonds is 2. The summed E-state index contributed by atoms with van der Waals surface area (Å²) < 4.78 is 16.9. The molecule has 1 aliphatic rings. The lowest BCUT2D eigenvalue weighted by Gasteiger charge is -2.21. The van der Waals surface area contributed by atoms with Crippen LogP contribution in [0.4, 0.5) is 11.7 Å². The molecule has 0 saturated carbocycles. The predicted octanol–water partition coefficient (Wildman–Crippen LogP) is 1.73. The van der Waals surface area contributed by atoms with Gasteiger partial charge in [-0.3, -0.25) is 4.21 Å². The molecule has 1 aromatic heterocycles. The van der Waals surface area contributed by atoms with Crippen LogP contribution in [-0.4, -0.2) is 26.7 Å². The summed E-state index contributed by atoms with van der Waals surface area (Å²) in [5, 5.41) is 3.25. The van der Waals surface area contributed by atoms with Gasteiger partial charge in [-0.1, -0.05) is 6.07 Å². The van der Waals surface area contributed by atoms with Gasteiger partial charge in [0.05, 0.1) is 5.69 Å². The Morgan fingerprint density at radius 3 is 2.89 bits per heavy atom. The lowest BCUT2D eigenvalue weighted by molar-refractivity contribution is 0.569. The lowest BCUT2D eigenvalue weighted by Crippen LogP contribution is -2.29. The first-order valence-electron chi connectivity index (χ1n) is 5.99. The number of nitrogens with zero attached hydrogens (tertiary/aromatic N) is 1. The highest BCUT2D eigenvalue weighted by molar-refractivity contribution is 7.85. The quantitative estimate of drug-likeness (QED) is 0.808. The Hall–Kier alpha value is -1.56. The molecule has 2 heterocycles. The number of fused-ring (bicyclic) bond motifs is 1. The van der Waals surface area contributed by atoms with Crippen LogP contribution in [-0.2, 0) is 10.8 Å². The van der Waals surface area contributed by atoms with E-state index in [-0.39, 0.29) is 6.04 Å². The number of para-hydroxylation sites is 1. The summed E-state index contributed by atoms with van der Waals surface area (Å²) in [5.41, 5.74) is 7.84. The molecule has 3 N–H and O–H groups in total. The molecule has 0 spiro atoms. The van der Waals surface area contributed by atoms with E-state index in [9.17, 15) is 4.21 Å². The summed E-state index contributed by atoms with van der Waals surface area (Å²) in [6.07, 6.45) is 1.78. The summed E-state index contributed by atoms with van der Waals surface area (Å²) in [5.74, 6) is 1.50. The molecular formula is C12H15N3O2S. The average Bonchev–Trinajstić information content (AvgIpc) is 2.76. The third-order valence-corrected chi connectivity index (χ3v) is 4.55. The second-order valence-corrected chi connectivity index (χ2v) is 6.18. The van der Waals surface area contributed by atoms with Gasteiger partial charge in [-0.2, -0.15) is 4.98 Å². The van der Waals surface area contributed by atoms with Crippen LogP contribution < -0.4 is 11.1 Å². The maximum absolute atomic E-state index is 11.3. The van der Waals surface area contributed by atoms with E-state index in [2.05, 4.69) is 10.3 Å². The Labute approximate surface area is 107 Å². The molecule has 1 saturated heterocycles. The Kier molecular flexibility index (Phi) is 2.95. The monoisotopic (exact) mass is 265 g/mol. The molecule has 1 aliphatic heterocycles. The molecule has 6 heteroatoms. The van der Waals surface area contributed by atoms with E-state index in [1.54, 1.807) is 6.07 Å². The minimum absolute atomic E-state index is 0.289. The van der Waals surface area contributed by atoms with Gasteiger partial charge in [0.2, 0.25) is 0 Å². The van der Waals surface area contributed by atoms with Crippen LogP contribution in [0.1, 0.15) is 12.8 Å². The van der Waals surface area contributed by atoms with Gasteiger partial charge in [-0.15, -0.1) is 0 Å². The van der Waals surface area contributed by atoms with Crippen molar-refractivity contribution in [1.29, 1.82) is 0 Å². The van der Waals surface area contributed by atoms with Crippen molar-refractivity contribution in [3.63, 3.8) is 0 Å². The number of hydrogen-bond acceptors (Lipinski definition) is 5. The fraction of sp³-hybridized carbons (Fsp3) is 0.417. The highest BCUT2D eigenvalue weighted by Crippen LogP contribution is 2.25. The Balaban J connectivity index is 1.79. The predicted molar refractivity (Wildman–Crippen MR) is 72.9 cm³/mol. The van der Waals surface area contributed by atoms with Crippen LogP contribution in [0.25, 0.3) is 11.1 Å². The maximum Gasteiger partial charge on any atom is 0.295 e. The number of nitrogens with two attached hydrogens (primary N) is 1. The third kappa shape index (κ3) is 2.20. The van der Waals surface area contributed by atoms with E-state index in [1.807, 2.05) is 12.1 Å². The van der Waals surface area contributed by atoms with E-state index in [0.717, 1.165) is 24.3 Å². The van der Waals surface area contributed by atoms with E-state index >= 15 is 0 Å². The van der Waals surface area contributed by atoms with Crippen LogP contribution >= 0.6 is 0 Å². The number of benzene rings is 1. The van der Waals surface area contributed by atoms with Gasteiger partial charge < -0.3 is 15.5 Å². The summed E-state index contributed by atoms with van der Waals surface area (Å²) in [6, 6.07) is 6.28. The first kappa shape index (κ1) is 11.5. The largest absolute Gasteiger partial charge is 0.423 e. The van der Waals surface area contributed by atoms with Crippen molar-refractivity contribution in [2.75, 3.05) is 22.6 Å². The van der Waals surface area contributed by atoms with E-state index < -0.39 is 10.8 Å². The van der Waals surface area contributed by atoms with Crippen LogP contribution in [0.2, 0.25) is 0 Å². The maximum atomic E-state index is 11.3. The van der Waals surface area contributed by atoms with Crippen molar-refractivity contribution in [3.8, 4) is 0 Å². The summed E-state index contributed by atoms with van der Waals surface area (Å²) in [4.78, 5) is 4.35. The average molecular weight is 265 g/mol. The van der Waals surface area contributed by atoms with Gasteiger partial charge in [-0.05, 0) is 25.0 Å². The van der Waals surface area contributed by atoms with Crippen molar-refractivity contribution >= 4 is 33.6 Å². The molecule has 0 bridgehead atoms. The summed E-state index contributed by atoms with van der Waals surface area (Å²) in [6.45, 7) is 0. The molecule has 0 amide bonds. The molecule has 0 unspecified atom stereocenters. The first-order chi connectivity index (χ1) is 8.72. The number of nitrogen functional groups attached to an aromatic ring is 1. The summed E-state index contributed by atoms with van der Waals surface area (Å²) in [7, 11) is -0.648. The molecule has 96 valence electrons. The number of oxazole rings is 1. The molecule has 1 fully saturated rings. The zero-order chi connectivity index (χ0) is 12.5. The number of anilines is 2. The Morgan fingerprint density at radius 1 is 1.39 bits per heavy atom. The second-order valence-electron chi connectivity index (χ2n) is 4.48. The molecule has 5 nitrogen and oxygen atoms in total. The number of aromatic nitrogens is 1. The highest BCUT2D eigenvalue weighted by Gasteiger charge is 2.19. The minimum Gasteiger partial charge on any atom is -0.423 e. The fourth-order valence-electron chi connectivity index (χ4n) is 2.14. The molecule has 0 aliphatic carbocycles. The Morgan fingerprint density at radius 2 is 2.17 bits per heavy atom. The third-order valence-electron chi connectivity index (χ3n) is 3.17. The molecule has 18 heavy (non-hydrogen) atoms. The minimum atomic E-state index is -0.648. The molecule has 0 radical (unpaired) electrons. The lowest BCUT2D eigenvalue weighted by atomic mass is 10.2. The van der Waals surface area contributed by atoms with E-state index in [4.69, 9.17) is 10.2 Å². The van der Waals surface area contributed by atoms with Crippen LogP contribution in [0.15, 0.2) is 22.6 Å². The van der Waals surface area contributed by atoms with E-state index in [1.165, 1.54) is 0 Å². The van der Waals surface area contributed by atoms with Crippen LogP contribution in [0.5, 0.6) is 0 Å². The van der Waals surface area contributed by atoms with Crippen molar-refractivity contribution < 1.29 is 8.63 Å². The smallest absolute Gasteiger partial charge is 0.295 e. The normalized spacial score (nSPS) is 24.2. The number of hydrogen-bond donors (Lipinski definition) is 2. The van der Waals surface area contributed by atoms with Crippen LogP contribution in [0.3, 0.4) is 0 Å². The first-order valence-corrected chi connectivity index (χ1v) is 7.48. The molecule has 1 aromatic carbocycles. The highest BCUT2D eigenvalue weighted by atomic mass is 32.2. The standard InChI is InChI=1S/C12H15N3O2S/c13-9-2-1-3-10-11(9)15-12(17-10)14-8-4-6-18(16)7-5-8/h1-3,8H,4-7,13H2,(H,14,15). The summed E-state index contributed by atoms with van der Waals surface area (Å²) >= 11 is 0. The van der Waals surface area contributed by atoms with Gasteiger partial charge in [0.1, 0.15) is 5.52 Å². The van der Waals surface area contributed by atoms with Gasteiger partial charge >= 0.3 is 0 Å². The topological polar surface area (TPSA) is 81.1 Å². The molecular weight excluding hydrogens is 250 g/mol. The second kappa shape index (κ2) is 4.61. The number of nitrogens with one attached hydrogen (secondary N) is 1. The van der Waals surface area contributed by atoms with Crippen LogP contribution in [0, 0.1) is 0 Å². The molecule has 0 atom stereocenters. The van der Waals surface area contributed by atoms with Gasteiger partial charge in [0.15, 0.2) is 5.58 Å². The van der Waals surface area contributed by atoms with Gasteiger partial charge in [0.25, 0.3) is 6.01 Å². The zero-order valence-electron chi connectivity index (χ0n) is 9.89. The van der Waals surface area contributed by atoms with Crippen molar-refractivity contribution in [1.82, 2.24) is 4.98 Å². The molecule has 2 aromatic rings. The fourth-order valence-corrected chi connectivity index (χ4v) is 3.44. The van der Waals surface area contributed by atoms with Crippen molar-refractivity contribution in [2.24, 2.45) is 0 Å². The van der Waals surface area contributed by atoms with Gasteiger partial charge in [-0.25, -0.2) is 0 Å².